The third kappa shape index (κ3) is 3.14. The first-order valence-electron chi connectivity index (χ1n) is 5.95. The van der Waals surface area contributed by atoms with E-state index >= 15 is 0 Å². The van der Waals surface area contributed by atoms with Crippen molar-refractivity contribution >= 4 is 17.8 Å². The molecule has 2 rings (SSSR count). The molecule has 0 aliphatic carbocycles. The average Bonchev–Trinajstić information content (AvgIpc) is 2.52. The first-order valence-corrected chi connectivity index (χ1v) is 5.95. The predicted octanol–water partition coefficient (Wildman–Crippen LogP) is 1.30. The van der Waals surface area contributed by atoms with E-state index in [4.69, 9.17) is 5.73 Å². The molecular weight excluding hydrogens is 274 g/mol. The second-order valence-corrected chi connectivity index (χ2v) is 4.08. The fourth-order valence-electron chi connectivity index (χ4n) is 1.73. The third-order valence-corrected chi connectivity index (χ3v) is 2.71. The highest BCUT2D eigenvalue weighted by Crippen LogP contribution is 2.20. The van der Waals surface area contributed by atoms with Crippen LogP contribution in [0.2, 0.25) is 0 Å². The van der Waals surface area contributed by atoms with Crippen LogP contribution in [0.5, 0.6) is 0 Å². The van der Waals surface area contributed by atoms with Crippen molar-refractivity contribution in [3.8, 4) is 11.4 Å². The molecule has 0 aliphatic heterocycles. The number of pyridine rings is 2. The molecule has 2 heterocycles. The minimum Gasteiger partial charge on any atom is -0.465 e. The van der Waals surface area contributed by atoms with Gasteiger partial charge in [0.05, 0.1) is 36.7 Å². The standard InChI is InChI=1S/C14H13N3O4/c1-20-13(18)8-3-4-16-10(5-8)11-6-9(14(19)21-2)7-12(15)17-11/h3-7H,1-2H3,(H2,15,17). The highest BCUT2D eigenvalue weighted by atomic mass is 16.5. The Labute approximate surface area is 120 Å². The molecule has 0 amide bonds. The number of ether oxygens (including phenoxy) is 2. The first-order chi connectivity index (χ1) is 10.0. The molecule has 0 unspecified atom stereocenters. The Balaban J connectivity index is 2.49. The van der Waals surface area contributed by atoms with E-state index in [2.05, 4.69) is 19.4 Å². The molecule has 0 saturated carbocycles. The highest BCUT2D eigenvalue weighted by molar-refractivity contribution is 5.92. The molecule has 2 aromatic rings. The van der Waals surface area contributed by atoms with Gasteiger partial charge >= 0.3 is 11.9 Å². The smallest absolute Gasteiger partial charge is 0.338 e. The number of hydrogen-bond donors (Lipinski definition) is 1. The number of carbonyl (C=O) groups is 2. The van der Waals surface area contributed by atoms with E-state index in [1.807, 2.05) is 0 Å². The van der Waals surface area contributed by atoms with Crippen molar-refractivity contribution in [2.75, 3.05) is 20.0 Å². The maximum atomic E-state index is 11.6. The van der Waals surface area contributed by atoms with Gasteiger partial charge in [0.25, 0.3) is 0 Å². The van der Waals surface area contributed by atoms with E-state index in [1.54, 1.807) is 0 Å². The Morgan fingerprint density at radius 1 is 1.00 bits per heavy atom. The summed E-state index contributed by atoms with van der Waals surface area (Å²) in [5.41, 5.74) is 7.02. The normalized spacial score (nSPS) is 10.0. The number of methoxy groups -OCH3 is 2. The zero-order chi connectivity index (χ0) is 15.4. The number of nitrogens with zero attached hydrogens (tertiary/aromatic N) is 2. The number of nitrogen functional groups attached to an aromatic ring is 1. The molecule has 7 nitrogen and oxygen atoms in total. The summed E-state index contributed by atoms with van der Waals surface area (Å²) in [4.78, 5) is 31.3. The van der Waals surface area contributed by atoms with Gasteiger partial charge in [-0.15, -0.1) is 0 Å². The maximum Gasteiger partial charge on any atom is 0.338 e. The molecule has 7 heteroatoms. The lowest BCUT2D eigenvalue weighted by Gasteiger charge is -2.06. The minimum absolute atomic E-state index is 0.151. The zero-order valence-corrected chi connectivity index (χ0v) is 11.5. The lowest BCUT2D eigenvalue weighted by molar-refractivity contribution is 0.0591. The van der Waals surface area contributed by atoms with E-state index < -0.39 is 11.9 Å². The van der Waals surface area contributed by atoms with Crippen LogP contribution in [0.3, 0.4) is 0 Å². The predicted molar refractivity (Wildman–Crippen MR) is 74.6 cm³/mol. The Morgan fingerprint density at radius 2 is 1.62 bits per heavy atom. The Hall–Kier alpha value is -2.96. The summed E-state index contributed by atoms with van der Waals surface area (Å²) in [5, 5.41) is 0. The average molecular weight is 287 g/mol. The topological polar surface area (TPSA) is 104 Å². The van der Waals surface area contributed by atoms with Gasteiger partial charge in [-0.2, -0.15) is 0 Å². The molecule has 2 N–H and O–H groups in total. The Bertz CT molecular complexity index is 700. The van der Waals surface area contributed by atoms with Crippen molar-refractivity contribution in [3.05, 3.63) is 41.6 Å². The summed E-state index contributed by atoms with van der Waals surface area (Å²) in [6, 6.07) is 5.92. The zero-order valence-electron chi connectivity index (χ0n) is 11.5. The fourth-order valence-corrected chi connectivity index (χ4v) is 1.73. The van der Waals surface area contributed by atoms with Crippen LogP contribution in [0.1, 0.15) is 20.7 Å². The molecule has 0 aromatic carbocycles. The molecule has 0 fully saturated rings. The van der Waals surface area contributed by atoms with Crippen LogP contribution in [0, 0.1) is 0 Å². The molecular formula is C14H13N3O4. The molecule has 0 aliphatic rings. The van der Waals surface area contributed by atoms with Crippen molar-refractivity contribution in [2.45, 2.75) is 0 Å². The van der Waals surface area contributed by atoms with E-state index in [0.29, 0.717) is 17.0 Å². The Kier molecular flexibility index (Phi) is 4.13. The van der Waals surface area contributed by atoms with Crippen LogP contribution >= 0.6 is 0 Å². The molecule has 2 aromatic heterocycles. The largest absolute Gasteiger partial charge is 0.465 e. The number of esters is 2. The van der Waals surface area contributed by atoms with Crippen LogP contribution in [0.15, 0.2) is 30.5 Å². The number of nitrogens with two attached hydrogens (primary N) is 1. The molecule has 0 atom stereocenters. The maximum absolute atomic E-state index is 11.6. The van der Waals surface area contributed by atoms with Crippen molar-refractivity contribution < 1.29 is 19.1 Å². The van der Waals surface area contributed by atoms with Gasteiger partial charge in [-0.05, 0) is 24.3 Å². The van der Waals surface area contributed by atoms with Crippen molar-refractivity contribution in [1.82, 2.24) is 9.97 Å². The Morgan fingerprint density at radius 3 is 2.29 bits per heavy atom. The molecule has 21 heavy (non-hydrogen) atoms. The van der Waals surface area contributed by atoms with Crippen LogP contribution in [0.25, 0.3) is 11.4 Å². The number of anilines is 1. The minimum atomic E-state index is -0.533. The van der Waals surface area contributed by atoms with Crippen molar-refractivity contribution in [3.63, 3.8) is 0 Å². The molecule has 0 bridgehead atoms. The van der Waals surface area contributed by atoms with Gasteiger partial charge in [0.15, 0.2) is 0 Å². The number of carbonyl (C=O) groups excluding carboxylic acids is 2. The van der Waals surface area contributed by atoms with Gasteiger partial charge in [-0.25, -0.2) is 14.6 Å². The number of aromatic nitrogens is 2. The van der Waals surface area contributed by atoms with Gasteiger partial charge in [-0.1, -0.05) is 0 Å². The van der Waals surface area contributed by atoms with Crippen molar-refractivity contribution in [1.29, 1.82) is 0 Å². The summed E-state index contributed by atoms with van der Waals surface area (Å²) >= 11 is 0. The summed E-state index contributed by atoms with van der Waals surface area (Å²) in [7, 11) is 2.56. The number of rotatable bonds is 3. The molecule has 0 saturated heterocycles. The van der Waals surface area contributed by atoms with Crippen molar-refractivity contribution in [2.24, 2.45) is 0 Å². The number of hydrogen-bond acceptors (Lipinski definition) is 7. The van der Waals surface area contributed by atoms with E-state index in [1.165, 1.54) is 44.7 Å². The van der Waals surface area contributed by atoms with E-state index in [9.17, 15) is 9.59 Å². The summed E-state index contributed by atoms with van der Waals surface area (Å²) in [6.07, 6.45) is 1.45. The summed E-state index contributed by atoms with van der Waals surface area (Å²) in [5.74, 6) is -0.872. The monoisotopic (exact) mass is 287 g/mol. The molecule has 0 radical (unpaired) electrons. The fraction of sp³-hybridized carbons (Fsp3) is 0.143. The highest BCUT2D eigenvalue weighted by Gasteiger charge is 2.13. The second-order valence-electron chi connectivity index (χ2n) is 4.08. The van der Waals surface area contributed by atoms with Crippen LogP contribution < -0.4 is 5.73 Å². The van der Waals surface area contributed by atoms with Gasteiger partial charge in [0, 0.05) is 6.20 Å². The van der Waals surface area contributed by atoms with E-state index in [-0.39, 0.29) is 11.4 Å². The quantitative estimate of drug-likeness (QED) is 0.848. The SMILES string of the molecule is COC(=O)c1ccnc(-c2cc(C(=O)OC)cc(N)n2)c1. The lowest BCUT2D eigenvalue weighted by Crippen LogP contribution is -2.05. The molecule has 108 valence electrons. The van der Waals surface area contributed by atoms with Gasteiger partial charge < -0.3 is 15.2 Å². The van der Waals surface area contributed by atoms with Crippen LogP contribution in [0.4, 0.5) is 5.82 Å². The summed E-state index contributed by atoms with van der Waals surface area (Å²) < 4.78 is 9.29. The van der Waals surface area contributed by atoms with E-state index in [0.717, 1.165) is 0 Å². The van der Waals surface area contributed by atoms with Crippen LogP contribution in [-0.4, -0.2) is 36.1 Å². The second kappa shape index (κ2) is 6.00. The van der Waals surface area contributed by atoms with Gasteiger partial charge in [0.2, 0.25) is 0 Å². The van der Waals surface area contributed by atoms with Gasteiger partial charge in [0.1, 0.15) is 5.82 Å². The summed E-state index contributed by atoms with van der Waals surface area (Å²) in [6.45, 7) is 0. The first kappa shape index (κ1) is 14.4. The van der Waals surface area contributed by atoms with Crippen LogP contribution in [-0.2, 0) is 9.47 Å². The lowest BCUT2D eigenvalue weighted by atomic mass is 10.1. The van der Waals surface area contributed by atoms with Gasteiger partial charge in [-0.3, -0.25) is 4.98 Å². The molecule has 0 spiro atoms. The third-order valence-electron chi connectivity index (χ3n) is 2.71.